The predicted octanol–water partition coefficient (Wildman–Crippen LogP) is 4.78. The molecule has 5 rings (SSSR count). The highest BCUT2D eigenvalue weighted by molar-refractivity contribution is 5.93. The SMILES string of the molecule is CC1(C)CC(=O)C=C(OC(=O)C23CCC(C)(c4nc5ccccc5nc42)C3(C)C)C1. The number of ether oxygens (including phenoxy) is 1. The van der Waals surface area contributed by atoms with Gasteiger partial charge in [0.25, 0.3) is 0 Å². The van der Waals surface area contributed by atoms with Gasteiger partial charge in [-0.2, -0.15) is 0 Å². The molecule has 5 heteroatoms. The fourth-order valence-corrected chi connectivity index (χ4v) is 6.06. The Morgan fingerprint density at radius 1 is 0.933 bits per heavy atom. The Morgan fingerprint density at radius 2 is 1.57 bits per heavy atom. The summed E-state index contributed by atoms with van der Waals surface area (Å²) in [6.07, 6.45) is 4.10. The molecule has 0 saturated heterocycles. The van der Waals surface area contributed by atoms with Crippen molar-refractivity contribution < 1.29 is 14.3 Å². The lowest BCUT2D eigenvalue weighted by molar-refractivity contribution is -0.151. The number of benzene rings is 1. The Kier molecular flexibility index (Phi) is 3.73. The normalized spacial score (nSPS) is 30.8. The van der Waals surface area contributed by atoms with E-state index >= 15 is 0 Å². The zero-order valence-electron chi connectivity index (χ0n) is 18.3. The molecular formula is C25H28N2O3. The van der Waals surface area contributed by atoms with Crippen LogP contribution >= 0.6 is 0 Å². The average Bonchev–Trinajstić information content (AvgIpc) is 2.94. The maximum atomic E-state index is 13.8. The van der Waals surface area contributed by atoms with Crippen LogP contribution in [0, 0.1) is 10.8 Å². The molecule has 1 aromatic carbocycles. The van der Waals surface area contributed by atoms with Crippen LogP contribution in [0.1, 0.15) is 71.7 Å². The van der Waals surface area contributed by atoms with Crippen molar-refractivity contribution in [1.82, 2.24) is 9.97 Å². The van der Waals surface area contributed by atoms with Gasteiger partial charge in [-0.1, -0.05) is 46.8 Å². The lowest BCUT2D eigenvalue weighted by atomic mass is 9.64. The third-order valence-corrected chi connectivity index (χ3v) is 8.14. The molecule has 1 fully saturated rings. The second kappa shape index (κ2) is 5.77. The summed E-state index contributed by atoms with van der Waals surface area (Å²) in [5.41, 5.74) is 1.60. The zero-order valence-corrected chi connectivity index (χ0v) is 18.3. The van der Waals surface area contributed by atoms with Crippen LogP contribution in [0.5, 0.6) is 0 Å². The summed E-state index contributed by atoms with van der Waals surface area (Å²) in [4.78, 5) is 35.9. The first kappa shape index (κ1) is 19.4. The maximum absolute atomic E-state index is 13.8. The van der Waals surface area contributed by atoms with Gasteiger partial charge in [0.15, 0.2) is 5.78 Å². The Hall–Kier alpha value is -2.56. The minimum absolute atomic E-state index is 0.0136. The van der Waals surface area contributed by atoms with Crippen molar-refractivity contribution in [1.29, 1.82) is 0 Å². The number of fused-ring (bicyclic) bond motifs is 6. The average molecular weight is 405 g/mol. The lowest BCUT2D eigenvalue weighted by Gasteiger charge is -2.39. The monoisotopic (exact) mass is 404 g/mol. The first-order valence-electron chi connectivity index (χ1n) is 10.7. The van der Waals surface area contributed by atoms with Gasteiger partial charge in [-0.3, -0.25) is 9.59 Å². The number of carbonyl (C=O) groups is 2. The first-order chi connectivity index (χ1) is 14.0. The molecule has 1 saturated carbocycles. The van der Waals surface area contributed by atoms with Crippen LogP contribution < -0.4 is 0 Å². The fourth-order valence-electron chi connectivity index (χ4n) is 6.06. The summed E-state index contributed by atoms with van der Waals surface area (Å²) in [5.74, 6) is 0.193. The molecular weight excluding hydrogens is 376 g/mol. The van der Waals surface area contributed by atoms with Gasteiger partial charge in [0, 0.05) is 24.3 Å². The van der Waals surface area contributed by atoms with E-state index < -0.39 is 10.8 Å². The second-order valence-electron chi connectivity index (χ2n) is 10.8. The summed E-state index contributed by atoms with van der Waals surface area (Å²) in [5, 5.41) is 0. The van der Waals surface area contributed by atoms with E-state index in [0.29, 0.717) is 25.0 Å². The maximum Gasteiger partial charge on any atom is 0.323 e. The van der Waals surface area contributed by atoms with Crippen molar-refractivity contribution in [3.05, 3.63) is 47.5 Å². The Labute approximate surface area is 176 Å². The molecule has 0 spiro atoms. The highest BCUT2D eigenvalue weighted by atomic mass is 16.5. The quantitative estimate of drug-likeness (QED) is 0.674. The topological polar surface area (TPSA) is 69.2 Å². The second-order valence-corrected chi connectivity index (χ2v) is 10.8. The molecule has 5 nitrogen and oxygen atoms in total. The Balaban J connectivity index is 1.64. The van der Waals surface area contributed by atoms with Gasteiger partial charge in [-0.25, -0.2) is 9.97 Å². The number of nitrogens with zero attached hydrogens (tertiary/aromatic N) is 2. The lowest BCUT2D eigenvalue weighted by Crippen LogP contribution is -2.47. The van der Waals surface area contributed by atoms with E-state index in [-0.39, 0.29) is 22.6 Å². The van der Waals surface area contributed by atoms with Crippen molar-refractivity contribution >= 4 is 22.8 Å². The van der Waals surface area contributed by atoms with Crippen molar-refractivity contribution in [2.75, 3.05) is 0 Å². The molecule has 3 aliphatic carbocycles. The van der Waals surface area contributed by atoms with E-state index in [1.807, 2.05) is 38.1 Å². The van der Waals surface area contributed by atoms with Crippen molar-refractivity contribution in [3.8, 4) is 0 Å². The summed E-state index contributed by atoms with van der Waals surface area (Å²) in [6.45, 7) is 10.5. The molecule has 3 aliphatic rings. The van der Waals surface area contributed by atoms with Crippen LogP contribution in [0.15, 0.2) is 36.1 Å². The molecule has 1 heterocycles. The van der Waals surface area contributed by atoms with Crippen LogP contribution in [-0.4, -0.2) is 21.7 Å². The number of rotatable bonds is 2. The van der Waals surface area contributed by atoms with E-state index in [4.69, 9.17) is 14.7 Å². The number of hydrogen-bond acceptors (Lipinski definition) is 5. The standard InChI is InChI=1S/C25H28N2O3/c1-22(2)13-15(28)12-16(14-22)30-21(29)25-11-10-24(5,23(25,3)4)19-20(25)27-18-9-7-6-8-17(18)26-19/h6-9,12H,10-11,13-14H2,1-5H3. The number of hydrogen-bond donors (Lipinski definition) is 0. The molecule has 156 valence electrons. The zero-order chi connectivity index (χ0) is 21.5. The third-order valence-electron chi connectivity index (χ3n) is 8.14. The van der Waals surface area contributed by atoms with E-state index in [1.54, 1.807) is 0 Å². The van der Waals surface area contributed by atoms with E-state index in [1.165, 1.54) is 6.08 Å². The minimum atomic E-state index is -0.862. The van der Waals surface area contributed by atoms with Crippen molar-refractivity contribution in [2.45, 2.75) is 71.1 Å². The van der Waals surface area contributed by atoms with Crippen molar-refractivity contribution in [3.63, 3.8) is 0 Å². The molecule has 0 amide bonds. The summed E-state index contributed by atoms with van der Waals surface area (Å²) in [7, 11) is 0. The molecule has 2 atom stereocenters. The van der Waals surface area contributed by atoms with Crippen LogP contribution in [0.3, 0.4) is 0 Å². The largest absolute Gasteiger partial charge is 0.430 e. The Morgan fingerprint density at radius 3 is 2.20 bits per heavy atom. The van der Waals surface area contributed by atoms with Gasteiger partial charge in [0.05, 0.1) is 22.4 Å². The highest BCUT2D eigenvalue weighted by Gasteiger charge is 2.74. The van der Waals surface area contributed by atoms with E-state index in [2.05, 4.69) is 20.8 Å². The Bertz CT molecular complexity index is 1150. The number of carbonyl (C=O) groups excluding carboxylic acids is 2. The van der Waals surface area contributed by atoms with Crippen LogP contribution in [0.25, 0.3) is 11.0 Å². The number of allylic oxidation sites excluding steroid dienone is 2. The van der Waals surface area contributed by atoms with Gasteiger partial charge >= 0.3 is 5.97 Å². The van der Waals surface area contributed by atoms with Crippen LogP contribution in [0.4, 0.5) is 0 Å². The molecule has 30 heavy (non-hydrogen) atoms. The third kappa shape index (κ3) is 2.29. The predicted molar refractivity (Wildman–Crippen MR) is 114 cm³/mol. The fraction of sp³-hybridized carbons (Fsp3) is 0.520. The molecule has 1 aromatic heterocycles. The summed E-state index contributed by atoms with van der Waals surface area (Å²) < 4.78 is 5.99. The number of esters is 1. The minimum Gasteiger partial charge on any atom is -0.430 e. The molecule has 0 radical (unpaired) electrons. The highest BCUT2D eigenvalue weighted by Crippen LogP contribution is 2.70. The number of para-hydroxylation sites is 2. The van der Waals surface area contributed by atoms with E-state index in [9.17, 15) is 9.59 Å². The molecule has 2 unspecified atom stereocenters. The number of ketones is 1. The molecule has 2 bridgehead atoms. The van der Waals surface area contributed by atoms with Gasteiger partial charge < -0.3 is 4.74 Å². The van der Waals surface area contributed by atoms with Gasteiger partial charge in [-0.05, 0) is 35.8 Å². The first-order valence-corrected chi connectivity index (χ1v) is 10.7. The number of aromatic nitrogens is 2. The summed E-state index contributed by atoms with van der Waals surface area (Å²) in [6, 6.07) is 7.81. The van der Waals surface area contributed by atoms with E-state index in [0.717, 1.165) is 28.8 Å². The van der Waals surface area contributed by atoms with Crippen molar-refractivity contribution in [2.24, 2.45) is 10.8 Å². The van der Waals surface area contributed by atoms with Gasteiger partial charge in [0.1, 0.15) is 11.2 Å². The van der Waals surface area contributed by atoms with Crippen LogP contribution in [0.2, 0.25) is 0 Å². The molecule has 0 N–H and O–H groups in total. The molecule has 2 aromatic rings. The van der Waals surface area contributed by atoms with Gasteiger partial charge in [-0.15, -0.1) is 0 Å². The molecule has 0 aliphatic heterocycles. The van der Waals surface area contributed by atoms with Gasteiger partial charge in [0.2, 0.25) is 0 Å². The smallest absolute Gasteiger partial charge is 0.323 e. The summed E-state index contributed by atoms with van der Waals surface area (Å²) >= 11 is 0. The van der Waals surface area contributed by atoms with Crippen LogP contribution in [-0.2, 0) is 25.2 Å².